The molecule has 0 radical (unpaired) electrons. The fraction of sp³-hybridized carbons (Fsp3) is 0.0667. The van der Waals surface area contributed by atoms with E-state index in [1.54, 1.807) is 18.5 Å². The van der Waals surface area contributed by atoms with Gasteiger partial charge in [-0.1, -0.05) is 29.8 Å². The van der Waals surface area contributed by atoms with E-state index in [0.717, 1.165) is 16.5 Å². The Morgan fingerprint density at radius 1 is 1.05 bits per heavy atom. The van der Waals surface area contributed by atoms with Crippen molar-refractivity contribution in [1.29, 1.82) is 0 Å². The lowest BCUT2D eigenvalue weighted by Crippen LogP contribution is -1.99. The van der Waals surface area contributed by atoms with Crippen LogP contribution in [0.2, 0.25) is 5.02 Å². The van der Waals surface area contributed by atoms with Crippen LogP contribution in [-0.2, 0) is 6.54 Å². The Morgan fingerprint density at radius 3 is 2.75 bits per heavy atom. The van der Waals surface area contributed by atoms with Crippen molar-refractivity contribution in [2.75, 3.05) is 0 Å². The predicted molar refractivity (Wildman–Crippen MR) is 79.0 cm³/mol. The lowest BCUT2D eigenvalue weighted by atomic mass is 10.2. The van der Waals surface area contributed by atoms with Crippen LogP contribution in [0.3, 0.4) is 0 Å². The third-order valence-corrected chi connectivity index (χ3v) is 3.36. The number of rotatable bonds is 3. The van der Waals surface area contributed by atoms with Gasteiger partial charge >= 0.3 is 0 Å². The lowest BCUT2D eigenvalue weighted by molar-refractivity contribution is 0.466. The second-order valence-corrected chi connectivity index (χ2v) is 4.60. The van der Waals surface area contributed by atoms with Crippen LogP contribution in [0.15, 0.2) is 48.8 Å². The highest BCUT2D eigenvalue weighted by Gasteiger charge is 2.11. The zero-order valence-corrected chi connectivity index (χ0v) is 11.3. The fourth-order valence-electron chi connectivity index (χ4n) is 1.95. The third kappa shape index (κ3) is 2.31. The van der Waals surface area contributed by atoms with Gasteiger partial charge in [-0.25, -0.2) is 4.98 Å². The van der Waals surface area contributed by atoms with E-state index in [2.05, 4.69) is 9.97 Å². The monoisotopic (exact) mass is 285 g/mol. The zero-order chi connectivity index (χ0) is 13.9. The molecule has 0 fully saturated rings. The number of benzene rings is 1. The average Bonchev–Trinajstić information content (AvgIpc) is 2.50. The molecule has 0 aliphatic heterocycles. The largest absolute Gasteiger partial charge is 0.435 e. The minimum atomic E-state index is 0.339. The molecule has 2 aromatic heterocycles. The molecular formula is C15H12ClN3O. The summed E-state index contributed by atoms with van der Waals surface area (Å²) in [5.74, 6) is 0.958. The Kier molecular flexibility index (Phi) is 3.50. The smallest absolute Gasteiger partial charge is 0.238 e. The van der Waals surface area contributed by atoms with E-state index >= 15 is 0 Å². The summed E-state index contributed by atoms with van der Waals surface area (Å²) in [6, 6.07) is 11.3. The Bertz CT molecular complexity index is 756. The summed E-state index contributed by atoms with van der Waals surface area (Å²) in [6.07, 6.45) is 3.35. The van der Waals surface area contributed by atoms with E-state index in [4.69, 9.17) is 22.1 Å². The van der Waals surface area contributed by atoms with Crippen molar-refractivity contribution in [3.05, 3.63) is 59.4 Å². The summed E-state index contributed by atoms with van der Waals surface area (Å²) >= 11 is 6.22. The number of fused-ring (bicyclic) bond motifs is 1. The summed E-state index contributed by atoms with van der Waals surface area (Å²) in [7, 11) is 0. The van der Waals surface area contributed by atoms with Crippen LogP contribution in [0.1, 0.15) is 5.56 Å². The van der Waals surface area contributed by atoms with Gasteiger partial charge in [0.15, 0.2) is 5.75 Å². The van der Waals surface area contributed by atoms with Crippen LogP contribution in [0.25, 0.3) is 10.9 Å². The number of pyridine rings is 2. The van der Waals surface area contributed by atoms with Gasteiger partial charge in [-0.05, 0) is 23.8 Å². The fourth-order valence-corrected chi connectivity index (χ4v) is 2.18. The third-order valence-electron chi connectivity index (χ3n) is 2.96. The molecule has 4 nitrogen and oxygen atoms in total. The van der Waals surface area contributed by atoms with Crippen molar-refractivity contribution in [2.45, 2.75) is 6.54 Å². The maximum atomic E-state index is 6.22. The Balaban J connectivity index is 2.06. The molecule has 3 rings (SSSR count). The minimum Gasteiger partial charge on any atom is -0.435 e. The van der Waals surface area contributed by atoms with E-state index < -0.39 is 0 Å². The normalized spacial score (nSPS) is 10.7. The average molecular weight is 286 g/mol. The van der Waals surface area contributed by atoms with Gasteiger partial charge in [0.2, 0.25) is 5.88 Å². The summed E-state index contributed by atoms with van der Waals surface area (Å²) in [5.41, 5.74) is 7.19. The number of para-hydroxylation sites is 1. The second kappa shape index (κ2) is 5.45. The highest BCUT2D eigenvalue weighted by Crippen LogP contribution is 2.32. The molecule has 0 unspecified atom stereocenters. The lowest BCUT2D eigenvalue weighted by Gasteiger charge is -2.10. The van der Waals surface area contributed by atoms with Crippen molar-refractivity contribution in [2.24, 2.45) is 5.73 Å². The van der Waals surface area contributed by atoms with Gasteiger partial charge in [0.25, 0.3) is 0 Å². The Labute approximate surface area is 121 Å². The molecule has 3 aromatic rings. The summed E-state index contributed by atoms with van der Waals surface area (Å²) in [4.78, 5) is 8.48. The zero-order valence-electron chi connectivity index (χ0n) is 10.6. The van der Waals surface area contributed by atoms with Crippen molar-refractivity contribution >= 4 is 22.5 Å². The molecule has 0 amide bonds. The molecule has 5 heteroatoms. The van der Waals surface area contributed by atoms with Gasteiger partial charge in [-0.2, -0.15) is 0 Å². The van der Waals surface area contributed by atoms with Crippen molar-refractivity contribution in [1.82, 2.24) is 9.97 Å². The molecule has 0 saturated carbocycles. The Morgan fingerprint density at radius 2 is 1.90 bits per heavy atom. The molecule has 0 spiro atoms. The van der Waals surface area contributed by atoms with Gasteiger partial charge in [-0.15, -0.1) is 0 Å². The molecule has 2 heterocycles. The predicted octanol–water partition coefficient (Wildman–Crippen LogP) is 3.53. The van der Waals surface area contributed by atoms with Crippen molar-refractivity contribution in [3.63, 3.8) is 0 Å². The van der Waals surface area contributed by atoms with Crippen LogP contribution in [0.5, 0.6) is 11.6 Å². The quantitative estimate of drug-likeness (QED) is 0.799. The first-order valence-electron chi connectivity index (χ1n) is 6.14. The molecule has 2 N–H and O–H groups in total. The summed E-state index contributed by atoms with van der Waals surface area (Å²) in [5, 5.41) is 1.43. The van der Waals surface area contributed by atoms with Crippen LogP contribution in [0.4, 0.5) is 0 Å². The van der Waals surface area contributed by atoms with Crippen LogP contribution in [-0.4, -0.2) is 9.97 Å². The minimum absolute atomic E-state index is 0.339. The highest BCUT2D eigenvalue weighted by atomic mass is 35.5. The number of hydrogen-bond donors (Lipinski definition) is 1. The van der Waals surface area contributed by atoms with Gasteiger partial charge in [0.1, 0.15) is 10.5 Å². The van der Waals surface area contributed by atoms with E-state index in [0.29, 0.717) is 23.2 Å². The number of ether oxygens (including phenoxy) is 1. The Hall–Kier alpha value is -2.17. The maximum absolute atomic E-state index is 6.22. The van der Waals surface area contributed by atoms with Crippen molar-refractivity contribution < 1.29 is 4.74 Å². The number of halogens is 1. The number of nitrogens with two attached hydrogens (primary N) is 1. The number of nitrogens with zero attached hydrogens (tertiary/aromatic N) is 2. The topological polar surface area (TPSA) is 61.0 Å². The van der Waals surface area contributed by atoms with E-state index in [9.17, 15) is 0 Å². The molecule has 0 saturated heterocycles. The van der Waals surface area contributed by atoms with Gasteiger partial charge in [0, 0.05) is 24.3 Å². The SMILES string of the molecule is NCc1ccnc(Oc2cccc3cccnc23)c1Cl. The first-order valence-corrected chi connectivity index (χ1v) is 6.52. The van der Waals surface area contributed by atoms with Gasteiger partial charge in [0.05, 0.1) is 0 Å². The van der Waals surface area contributed by atoms with Gasteiger partial charge < -0.3 is 10.5 Å². The number of hydrogen-bond acceptors (Lipinski definition) is 4. The highest BCUT2D eigenvalue weighted by molar-refractivity contribution is 6.32. The molecule has 0 aliphatic rings. The van der Waals surface area contributed by atoms with E-state index in [1.165, 1.54) is 0 Å². The maximum Gasteiger partial charge on any atom is 0.238 e. The van der Waals surface area contributed by atoms with Crippen LogP contribution in [0, 0.1) is 0 Å². The van der Waals surface area contributed by atoms with E-state index in [-0.39, 0.29) is 0 Å². The molecule has 0 bridgehead atoms. The first kappa shape index (κ1) is 12.8. The standard InChI is InChI=1S/C15H12ClN3O/c16-13-11(9-17)6-8-19-15(13)20-12-5-1-3-10-4-2-7-18-14(10)12/h1-8H,9,17H2. The summed E-state index contributed by atoms with van der Waals surface area (Å²) < 4.78 is 5.80. The first-order chi connectivity index (χ1) is 9.79. The molecule has 100 valence electrons. The molecular weight excluding hydrogens is 274 g/mol. The molecule has 0 aliphatic carbocycles. The molecule has 0 atom stereocenters. The second-order valence-electron chi connectivity index (χ2n) is 4.23. The van der Waals surface area contributed by atoms with Crippen LogP contribution >= 0.6 is 11.6 Å². The van der Waals surface area contributed by atoms with E-state index in [1.807, 2.05) is 30.3 Å². The van der Waals surface area contributed by atoms with Crippen LogP contribution < -0.4 is 10.5 Å². The van der Waals surface area contributed by atoms with Gasteiger partial charge in [-0.3, -0.25) is 4.98 Å². The van der Waals surface area contributed by atoms with Crippen molar-refractivity contribution in [3.8, 4) is 11.6 Å². The molecule has 20 heavy (non-hydrogen) atoms. The summed E-state index contributed by atoms with van der Waals surface area (Å²) in [6.45, 7) is 0.339. The molecule has 1 aromatic carbocycles. The number of aromatic nitrogens is 2.